The van der Waals surface area contributed by atoms with Crippen LogP contribution >= 0.6 is 0 Å². The Morgan fingerprint density at radius 3 is 2.30 bits per heavy atom. The third-order valence-corrected chi connectivity index (χ3v) is 6.76. The lowest BCUT2D eigenvalue weighted by Gasteiger charge is -2.27. The van der Waals surface area contributed by atoms with Gasteiger partial charge in [-0.05, 0) is 48.6 Å². The highest BCUT2D eigenvalue weighted by Gasteiger charge is 2.22. The van der Waals surface area contributed by atoms with E-state index < -0.39 is 0 Å². The summed E-state index contributed by atoms with van der Waals surface area (Å²) in [6.07, 6.45) is 5.49. The smallest absolute Gasteiger partial charge is 0.247 e. The molecule has 0 spiro atoms. The average molecular weight is 537 g/mol. The molecule has 206 valence electrons. The minimum Gasteiger partial charge on any atom is -0.464 e. The fourth-order valence-electron chi connectivity index (χ4n) is 4.42. The summed E-state index contributed by atoms with van der Waals surface area (Å²) in [5, 5.41) is 0.490. The molecule has 4 rings (SSSR count). The molecule has 0 radical (unpaired) electrons. The van der Waals surface area contributed by atoms with Gasteiger partial charge in [0, 0.05) is 19.2 Å². The van der Waals surface area contributed by atoms with Crippen molar-refractivity contribution >= 4 is 28.9 Å². The van der Waals surface area contributed by atoms with Crippen LogP contribution in [-0.2, 0) is 22.7 Å². The summed E-state index contributed by atoms with van der Waals surface area (Å²) < 4.78 is 5.76. The molecule has 0 N–H and O–H groups in total. The second kappa shape index (κ2) is 13.6. The van der Waals surface area contributed by atoms with Gasteiger partial charge in [0.05, 0.1) is 23.8 Å². The molecule has 0 saturated carbocycles. The van der Waals surface area contributed by atoms with Crippen molar-refractivity contribution in [2.75, 3.05) is 13.1 Å². The predicted octanol–water partition coefficient (Wildman–Crippen LogP) is 6.22. The summed E-state index contributed by atoms with van der Waals surface area (Å²) in [4.78, 5) is 43.6. The summed E-state index contributed by atoms with van der Waals surface area (Å²) in [6, 6.07) is 24.7. The van der Waals surface area contributed by atoms with E-state index in [2.05, 4.69) is 13.8 Å². The van der Waals surface area contributed by atoms with Crippen molar-refractivity contribution in [1.29, 1.82) is 0 Å². The molecule has 6 heteroatoms. The summed E-state index contributed by atoms with van der Waals surface area (Å²) in [7, 11) is 0. The Labute approximate surface area is 235 Å². The molecule has 1 aromatic heterocycles. The number of carbonyl (C=O) groups is 2. The zero-order chi connectivity index (χ0) is 28.5. The number of fused-ring (bicyclic) bond motifs is 1. The van der Waals surface area contributed by atoms with Gasteiger partial charge in [-0.1, -0.05) is 86.1 Å². The van der Waals surface area contributed by atoms with Gasteiger partial charge < -0.3 is 14.2 Å². The Hall–Kier alpha value is -4.45. The number of hydrogen-bond acceptors (Lipinski definition) is 4. The molecular weight excluding hydrogens is 500 g/mol. The molecule has 0 aliphatic carbocycles. The van der Waals surface area contributed by atoms with Crippen LogP contribution in [0, 0.1) is 12.8 Å². The lowest BCUT2D eigenvalue weighted by Crippen LogP contribution is -2.43. The molecule has 0 aliphatic rings. The second-order valence-electron chi connectivity index (χ2n) is 10.5. The van der Waals surface area contributed by atoms with Gasteiger partial charge in [-0.25, -0.2) is 0 Å². The summed E-state index contributed by atoms with van der Waals surface area (Å²) >= 11 is 0. The molecule has 0 atom stereocenters. The van der Waals surface area contributed by atoms with E-state index in [4.69, 9.17) is 4.42 Å². The molecule has 2 amide bonds. The van der Waals surface area contributed by atoms with E-state index in [1.807, 2.05) is 73.7 Å². The first-order valence-corrected chi connectivity index (χ1v) is 13.6. The summed E-state index contributed by atoms with van der Waals surface area (Å²) in [6.45, 7) is 6.85. The molecule has 40 heavy (non-hydrogen) atoms. The van der Waals surface area contributed by atoms with Gasteiger partial charge in [0.1, 0.15) is 12.1 Å². The first kappa shape index (κ1) is 28.6. The van der Waals surface area contributed by atoms with Gasteiger partial charge in [0.15, 0.2) is 5.43 Å². The molecule has 3 aromatic carbocycles. The monoisotopic (exact) mass is 536 g/mol. The minimum atomic E-state index is -0.238. The number of aryl methyl sites for hydroxylation is 1. The van der Waals surface area contributed by atoms with Crippen LogP contribution in [-0.4, -0.2) is 34.7 Å². The normalized spacial score (nSPS) is 11.3. The molecule has 0 bridgehead atoms. The minimum absolute atomic E-state index is 0.0754. The number of benzene rings is 3. The van der Waals surface area contributed by atoms with Gasteiger partial charge in [-0.15, -0.1) is 0 Å². The van der Waals surface area contributed by atoms with Crippen molar-refractivity contribution in [1.82, 2.24) is 9.80 Å². The maximum Gasteiger partial charge on any atom is 0.247 e. The fourth-order valence-corrected chi connectivity index (χ4v) is 4.42. The van der Waals surface area contributed by atoms with Gasteiger partial charge in [-0.2, -0.15) is 0 Å². The van der Waals surface area contributed by atoms with Crippen LogP contribution in [0.15, 0.2) is 100 Å². The number of rotatable bonds is 11. The lowest BCUT2D eigenvalue weighted by molar-refractivity contribution is -0.139. The molecule has 0 aliphatic heterocycles. The van der Waals surface area contributed by atoms with Crippen LogP contribution in [0.3, 0.4) is 0 Å². The van der Waals surface area contributed by atoms with Crippen LogP contribution in [0.5, 0.6) is 0 Å². The molecule has 6 nitrogen and oxygen atoms in total. The topological polar surface area (TPSA) is 70.8 Å². The number of amides is 2. The largest absolute Gasteiger partial charge is 0.464 e. The maximum absolute atomic E-state index is 13.8. The summed E-state index contributed by atoms with van der Waals surface area (Å²) in [5.41, 5.74) is 3.55. The van der Waals surface area contributed by atoms with Crippen molar-refractivity contribution in [3.63, 3.8) is 0 Å². The maximum atomic E-state index is 13.8. The van der Waals surface area contributed by atoms with E-state index in [-0.39, 0.29) is 30.3 Å². The van der Waals surface area contributed by atoms with E-state index >= 15 is 0 Å². The van der Waals surface area contributed by atoms with E-state index in [0.29, 0.717) is 35.5 Å². The van der Waals surface area contributed by atoms with Crippen LogP contribution in [0.1, 0.15) is 42.5 Å². The lowest BCUT2D eigenvalue weighted by atomic mass is 10.1. The highest BCUT2D eigenvalue weighted by molar-refractivity contribution is 5.94. The van der Waals surface area contributed by atoms with Gasteiger partial charge in [-0.3, -0.25) is 14.4 Å². The quantitative estimate of drug-likeness (QED) is 0.214. The van der Waals surface area contributed by atoms with Crippen molar-refractivity contribution in [3.05, 3.63) is 124 Å². The Morgan fingerprint density at radius 2 is 1.60 bits per heavy atom. The van der Waals surface area contributed by atoms with E-state index in [0.717, 1.165) is 23.1 Å². The molecule has 4 aromatic rings. The number of carbonyl (C=O) groups excluding carboxylic acids is 2. The van der Waals surface area contributed by atoms with Crippen LogP contribution < -0.4 is 5.43 Å². The second-order valence-corrected chi connectivity index (χ2v) is 10.5. The Balaban J connectivity index is 1.60. The molecule has 0 saturated heterocycles. The summed E-state index contributed by atoms with van der Waals surface area (Å²) in [5.74, 6) is -0.0920. The molecule has 1 heterocycles. The fraction of sp³-hybridized carbons (Fsp3) is 0.265. The SMILES string of the molecule is Cc1ccc2occ(CN(Cc3ccccc3)C(=O)CN(CCC(C)C)C(=O)C=Cc3ccccc3)c(=O)c2c1. The zero-order valence-corrected chi connectivity index (χ0v) is 23.4. The number of hydrogen-bond donors (Lipinski definition) is 0. The van der Waals surface area contributed by atoms with Crippen LogP contribution in [0.4, 0.5) is 0 Å². The highest BCUT2D eigenvalue weighted by atomic mass is 16.3. The van der Waals surface area contributed by atoms with Crippen LogP contribution in [0.25, 0.3) is 17.0 Å². The van der Waals surface area contributed by atoms with E-state index in [1.54, 1.807) is 28.0 Å². The average Bonchev–Trinajstić information content (AvgIpc) is 2.96. The van der Waals surface area contributed by atoms with E-state index in [1.165, 1.54) is 12.3 Å². The first-order valence-electron chi connectivity index (χ1n) is 13.6. The van der Waals surface area contributed by atoms with Crippen molar-refractivity contribution in [2.45, 2.75) is 40.3 Å². The third kappa shape index (κ3) is 7.79. The zero-order valence-electron chi connectivity index (χ0n) is 23.4. The van der Waals surface area contributed by atoms with Crippen molar-refractivity contribution in [3.8, 4) is 0 Å². The standard InChI is InChI=1S/C34H36N2O4/c1-25(2)18-19-35(32(37)17-15-27-10-6-4-7-11-27)23-33(38)36(21-28-12-8-5-9-13-28)22-29-24-40-31-16-14-26(3)20-30(31)34(29)39/h4-17,20,24-25H,18-19,21-23H2,1-3H3. The Morgan fingerprint density at radius 1 is 0.900 bits per heavy atom. The highest BCUT2D eigenvalue weighted by Crippen LogP contribution is 2.16. The molecule has 0 unspecified atom stereocenters. The Kier molecular flexibility index (Phi) is 9.68. The molecular formula is C34H36N2O4. The van der Waals surface area contributed by atoms with Crippen LogP contribution in [0.2, 0.25) is 0 Å². The Bertz CT molecular complexity index is 1520. The van der Waals surface area contributed by atoms with Gasteiger partial charge >= 0.3 is 0 Å². The van der Waals surface area contributed by atoms with Gasteiger partial charge in [0.25, 0.3) is 0 Å². The van der Waals surface area contributed by atoms with Crippen molar-refractivity contribution < 1.29 is 14.0 Å². The van der Waals surface area contributed by atoms with Crippen molar-refractivity contribution in [2.24, 2.45) is 5.92 Å². The first-order chi connectivity index (χ1) is 19.3. The van der Waals surface area contributed by atoms with E-state index in [9.17, 15) is 14.4 Å². The van der Waals surface area contributed by atoms with Gasteiger partial charge in [0.2, 0.25) is 11.8 Å². The predicted molar refractivity (Wildman–Crippen MR) is 159 cm³/mol. The number of nitrogens with zero attached hydrogens (tertiary/aromatic N) is 2. The molecule has 0 fully saturated rings. The third-order valence-electron chi connectivity index (χ3n) is 6.76.